The number of aromatic nitrogens is 3. The SMILES string of the molecule is CCn1ncnc1COCC1CCNC1. The summed E-state index contributed by atoms with van der Waals surface area (Å²) in [5.74, 6) is 1.59. The molecule has 0 saturated carbocycles. The average molecular weight is 210 g/mol. The van der Waals surface area contributed by atoms with Gasteiger partial charge in [-0.15, -0.1) is 0 Å². The maximum absolute atomic E-state index is 5.64. The van der Waals surface area contributed by atoms with E-state index in [9.17, 15) is 0 Å². The Kier molecular flexibility index (Phi) is 3.69. The predicted octanol–water partition coefficient (Wildman–Crippen LogP) is 0.424. The van der Waals surface area contributed by atoms with Gasteiger partial charge in [-0.25, -0.2) is 9.67 Å². The van der Waals surface area contributed by atoms with Gasteiger partial charge in [0.15, 0.2) is 5.82 Å². The molecule has 0 bridgehead atoms. The Balaban J connectivity index is 1.73. The molecule has 0 spiro atoms. The lowest BCUT2D eigenvalue weighted by atomic mass is 10.1. The van der Waals surface area contributed by atoms with Gasteiger partial charge < -0.3 is 10.1 Å². The average Bonchev–Trinajstić information content (AvgIpc) is 2.88. The number of nitrogens with one attached hydrogen (secondary N) is 1. The van der Waals surface area contributed by atoms with Crippen LogP contribution < -0.4 is 5.32 Å². The molecule has 0 aliphatic carbocycles. The third-order valence-corrected chi connectivity index (χ3v) is 2.74. The van der Waals surface area contributed by atoms with Crippen LogP contribution in [-0.4, -0.2) is 34.5 Å². The van der Waals surface area contributed by atoms with E-state index in [0.717, 1.165) is 32.1 Å². The summed E-state index contributed by atoms with van der Waals surface area (Å²) in [6, 6.07) is 0. The second-order valence-electron chi connectivity index (χ2n) is 3.87. The topological polar surface area (TPSA) is 52.0 Å². The Morgan fingerprint density at radius 3 is 3.33 bits per heavy atom. The van der Waals surface area contributed by atoms with E-state index in [1.165, 1.54) is 6.42 Å². The molecule has 1 aromatic rings. The fourth-order valence-electron chi connectivity index (χ4n) is 1.84. The molecule has 0 amide bonds. The van der Waals surface area contributed by atoms with E-state index in [2.05, 4.69) is 22.3 Å². The summed E-state index contributed by atoms with van der Waals surface area (Å²) in [6.45, 7) is 6.51. The molecular formula is C10H18N4O. The monoisotopic (exact) mass is 210 g/mol. The Hall–Kier alpha value is -0.940. The van der Waals surface area contributed by atoms with Crippen LogP contribution >= 0.6 is 0 Å². The molecule has 84 valence electrons. The van der Waals surface area contributed by atoms with Crippen LogP contribution in [0, 0.1) is 5.92 Å². The Morgan fingerprint density at radius 2 is 2.60 bits per heavy atom. The number of rotatable bonds is 5. The van der Waals surface area contributed by atoms with E-state index in [4.69, 9.17) is 4.74 Å². The van der Waals surface area contributed by atoms with Gasteiger partial charge in [0.25, 0.3) is 0 Å². The molecule has 2 rings (SSSR count). The van der Waals surface area contributed by atoms with Gasteiger partial charge in [0, 0.05) is 13.1 Å². The normalized spacial score (nSPS) is 21.0. The Labute approximate surface area is 89.8 Å². The molecule has 1 atom stereocenters. The fourth-order valence-corrected chi connectivity index (χ4v) is 1.84. The number of hydrogen-bond donors (Lipinski definition) is 1. The van der Waals surface area contributed by atoms with Crippen LogP contribution in [0.3, 0.4) is 0 Å². The highest BCUT2D eigenvalue weighted by molar-refractivity contribution is 4.81. The van der Waals surface area contributed by atoms with E-state index in [0.29, 0.717) is 12.5 Å². The van der Waals surface area contributed by atoms with Crippen molar-refractivity contribution in [2.24, 2.45) is 5.92 Å². The van der Waals surface area contributed by atoms with Gasteiger partial charge in [0.1, 0.15) is 12.9 Å². The quantitative estimate of drug-likeness (QED) is 0.765. The van der Waals surface area contributed by atoms with E-state index >= 15 is 0 Å². The van der Waals surface area contributed by atoms with Crippen LogP contribution in [0.1, 0.15) is 19.2 Å². The minimum atomic E-state index is 0.574. The first-order valence-electron chi connectivity index (χ1n) is 5.55. The minimum Gasteiger partial charge on any atom is -0.373 e. The van der Waals surface area contributed by atoms with Crippen molar-refractivity contribution in [3.63, 3.8) is 0 Å². The Morgan fingerprint density at radius 1 is 1.67 bits per heavy atom. The highest BCUT2D eigenvalue weighted by atomic mass is 16.5. The van der Waals surface area contributed by atoms with Gasteiger partial charge in [-0.1, -0.05) is 0 Å². The molecule has 5 nitrogen and oxygen atoms in total. The van der Waals surface area contributed by atoms with E-state index in [1.54, 1.807) is 6.33 Å². The maximum atomic E-state index is 5.64. The van der Waals surface area contributed by atoms with Crippen molar-refractivity contribution in [1.29, 1.82) is 0 Å². The summed E-state index contributed by atoms with van der Waals surface area (Å²) in [4.78, 5) is 4.16. The van der Waals surface area contributed by atoms with Crippen molar-refractivity contribution in [2.45, 2.75) is 26.5 Å². The van der Waals surface area contributed by atoms with E-state index in [-0.39, 0.29) is 0 Å². The summed E-state index contributed by atoms with van der Waals surface area (Å²) in [5.41, 5.74) is 0. The van der Waals surface area contributed by atoms with Crippen molar-refractivity contribution < 1.29 is 4.74 Å². The molecule has 1 fully saturated rings. The molecular weight excluding hydrogens is 192 g/mol. The van der Waals surface area contributed by atoms with Crippen LogP contribution in [0.5, 0.6) is 0 Å². The van der Waals surface area contributed by atoms with Crippen LogP contribution in [0.2, 0.25) is 0 Å². The molecule has 1 aliphatic heterocycles. The lowest BCUT2D eigenvalue weighted by Gasteiger charge is -2.09. The first-order valence-corrected chi connectivity index (χ1v) is 5.55. The molecule has 1 aromatic heterocycles. The van der Waals surface area contributed by atoms with Crippen molar-refractivity contribution in [3.05, 3.63) is 12.2 Å². The van der Waals surface area contributed by atoms with Gasteiger partial charge in [-0.3, -0.25) is 0 Å². The van der Waals surface area contributed by atoms with Gasteiger partial charge in [-0.05, 0) is 25.8 Å². The van der Waals surface area contributed by atoms with E-state index in [1.807, 2.05) is 4.68 Å². The largest absolute Gasteiger partial charge is 0.373 e. The van der Waals surface area contributed by atoms with Crippen molar-refractivity contribution >= 4 is 0 Å². The summed E-state index contributed by atoms with van der Waals surface area (Å²) in [5, 5.41) is 7.42. The minimum absolute atomic E-state index is 0.574. The number of hydrogen-bond acceptors (Lipinski definition) is 4. The van der Waals surface area contributed by atoms with Gasteiger partial charge >= 0.3 is 0 Å². The third-order valence-electron chi connectivity index (χ3n) is 2.74. The third kappa shape index (κ3) is 2.76. The second-order valence-corrected chi connectivity index (χ2v) is 3.87. The first kappa shape index (κ1) is 10.6. The predicted molar refractivity (Wildman–Crippen MR) is 56.3 cm³/mol. The van der Waals surface area contributed by atoms with Crippen molar-refractivity contribution in [3.8, 4) is 0 Å². The van der Waals surface area contributed by atoms with Gasteiger partial charge in [-0.2, -0.15) is 5.10 Å². The molecule has 1 N–H and O–H groups in total. The summed E-state index contributed by atoms with van der Waals surface area (Å²) in [7, 11) is 0. The maximum Gasteiger partial charge on any atom is 0.152 e. The molecule has 0 radical (unpaired) electrons. The zero-order valence-electron chi connectivity index (χ0n) is 9.15. The second kappa shape index (κ2) is 5.23. The van der Waals surface area contributed by atoms with Gasteiger partial charge in [0.05, 0.1) is 6.61 Å². The summed E-state index contributed by atoms with van der Waals surface area (Å²) < 4.78 is 7.51. The number of aryl methyl sites for hydroxylation is 1. The summed E-state index contributed by atoms with van der Waals surface area (Å²) in [6.07, 6.45) is 2.81. The molecule has 1 aliphatic rings. The smallest absolute Gasteiger partial charge is 0.152 e. The van der Waals surface area contributed by atoms with Crippen molar-refractivity contribution in [1.82, 2.24) is 20.1 Å². The molecule has 0 aromatic carbocycles. The van der Waals surface area contributed by atoms with E-state index < -0.39 is 0 Å². The molecule has 15 heavy (non-hydrogen) atoms. The highest BCUT2D eigenvalue weighted by Gasteiger charge is 2.14. The standard InChI is InChI=1S/C10H18N4O/c1-2-14-10(12-8-13-14)7-15-6-9-3-4-11-5-9/h8-9,11H,2-7H2,1H3. The van der Waals surface area contributed by atoms with Crippen LogP contribution in [0.25, 0.3) is 0 Å². The Bertz CT molecular complexity index is 293. The van der Waals surface area contributed by atoms with Crippen LogP contribution in [-0.2, 0) is 17.9 Å². The zero-order chi connectivity index (χ0) is 10.5. The lowest BCUT2D eigenvalue weighted by molar-refractivity contribution is 0.0853. The highest BCUT2D eigenvalue weighted by Crippen LogP contribution is 2.08. The van der Waals surface area contributed by atoms with Crippen LogP contribution in [0.15, 0.2) is 6.33 Å². The molecule has 5 heteroatoms. The zero-order valence-corrected chi connectivity index (χ0v) is 9.15. The first-order chi connectivity index (χ1) is 7.40. The number of ether oxygens (including phenoxy) is 1. The van der Waals surface area contributed by atoms with Gasteiger partial charge in [0.2, 0.25) is 0 Å². The molecule has 1 unspecified atom stereocenters. The molecule has 2 heterocycles. The fraction of sp³-hybridized carbons (Fsp3) is 0.800. The van der Waals surface area contributed by atoms with Crippen molar-refractivity contribution in [2.75, 3.05) is 19.7 Å². The van der Waals surface area contributed by atoms with Crippen LogP contribution in [0.4, 0.5) is 0 Å². The lowest BCUT2D eigenvalue weighted by Crippen LogP contribution is -2.15. The molecule has 1 saturated heterocycles. The summed E-state index contributed by atoms with van der Waals surface area (Å²) >= 11 is 0. The number of nitrogens with zero attached hydrogens (tertiary/aromatic N) is 3.